The van der Waals surface area contributed by atoms with Crippen LogP contribution < -0.4 is 5.32 Å². The molecule has 1 aliphatic heterocycles. The summed E-state index contributed by atoms with van der Waals surface area (Å²) in [5.41, 5.74) is 2.37. The van der Waals surface area contributed by atoms with Gasteiger partial charge in [0.15, 0.2) is 0 Å². The van der Waals surface area contributed by atoms with Crippen LogP contribution in [0.25, 0.3) is 10.9 Å². The van der Waals surface area contributed by atoms with Crippen molar-refractivity contribution in [1.29, 1.82) is 0 Å². The zero-order chi connectivity index (χ0) is 14.8. The molecule has 0 radical (unpaired) electrons. The van der Waals surface area contributed by atoms with Gasteiger partial charge in [0.25, 0.3) is 0 Å². The van der Waals surface area contributed by atoms with Crippen LogP contribution in [0.5, 0.6) is 0 Å². The molecule has 0 saturated carbocycles. The van der Waals surface area contributed by atoms with E-state index in [9.17, 15) is 0 Å². The molecule has 1 aromatic carbocycles. The van der Waals surface area contributed by atoms with E-state index >= 15 is 0 Å². The molecule has 1 aromatic heterocycles. The van der Waals surface area contributed by atoms with Crippen molar-refractivity contribution in [3.8, 4) is 0 Å². The summed E-state index contributed by atoms with van der Waals surface area (Å²) in [7, 11) is 1.96. The smallest absolute Gasteiger partial charge is 0.130 e. The molecular weight excluding hydrogens is 258 g/mol. The molecule has 3 rings (SSSR count). The third-order valence-electron chi connectivity index (χ3n) is 4.69. The Morgan fingerprint density at radius 1 is 1.33 bits per heavy atom. The van der Waals surface area contributed by atoms with E-state index in [0.717, 1.165) is 29.7 Å². The minimum atomic E-state index is 0.786. The fraction of sp³-hybridized carbons (Fsp3) is 0.500. The van der Waals surface area contributed by atoms with E-state index < -0.39 is 0 Å². The summed E-state index contributed by atoms with van der Waals surface area (Å²) < 4.78 is 0. The number of aromatic nitrogens is 1. The van der Waals surface area contributed by atoms with Crippen molar-refractivity contribution in [1.82, 2.24) is 9.88 Å². The standard InChI is InChI=1S/C18H25N3/c1-13(2)15-8-9-21(11-15)12-16-10-14-6-4-5-7-17(14)20-18(16)19-3/h4-7,10,13,15H,8-9,11-12H2,1-3H3,(H,19,20). The van der Waals surface area contributed by atoms with E-state index in [4.69, 9.17) is 4.98 Å². The van der Waals surface area contributed by atoms with Crippen LogP contribution in [0.4, 0.5) is 5.82 Å². The molecule has 0 aliphatic carbocycles. The Hall–Kier alpha value is -1.61. The monoisotopic (exact) mass is 283 g/mol. The maximum atomic E-state index is 4.75. The Morgan fingerprint density at radius 2 is 2.14 bits per heavy atom. The van der Waals surface area contributed by atoms with E-state index in [2.05, 4.69) is 48.3 Å². The van der Waals surface area contributed by atoms with E-state index in [1.54, 1.807) is 0 Å². The molecule has 3 nitrogen and oxygen atoms in total. The van der Waals surface area contributed by atoms with Gasteiger partial charge < -0.3 is 5.32 Å². The lowest BCUT2D eigenvalue weighted by Gasteiger charge is -2.19. The SMILES string of the molecule is CNc1nc2ccccc2cc1CN1CCC(C(C)C)C1. The summed E-state index contributed by atoms with van der Waals surface area (Å²) >= 11 is 0. The van der Waals surface area contributed by atoms with E-state index in [1.807, 2.05) is 13.1 Å². The Balaban J connectivity index is 1.83. The van der Waals surface area contributed by atoms with Crippen LogP contribution in [0.3, 0.4) is 0 Å². The van der Waals surface area contributed by atoms with Crippen molar-refractivity contribution in [3.05, 3.63) is 35.9 Å². The minimum absolute atomic E-state index is 0.786. The third kappa shape index (κ3) is 3.03. The van der Waals surface area contributed by atoms with Crippen LogP contribution in [0.15, 0.2) is 30.3 Å². The molecule has 1 N–H and O–H groups in total. The van der Waals surface area contributed by atoms with Gasteiger partial charge in [-0.1, -0.05) is 32.0 Å². The van der Waals surface area contributed by atoms with Crippen molar-refractivity contribution in [2.75, 3.05) is 25.5 Å². The van der Waals surface area contributed by atoms with E-state index in [1.165, 1.54) is 30.5 Å². The number of hydrogen-bond donors (Lipinski definition) is 1. The lowest BCUT2D eigenvalue weighted by atomic mass is 9.95. The summed E-state index contributed by atoms with van der Waals surface area (Å²) in [5, 5.41) is 4.49. The first-order valence-corrected chi connectivity index (χ1v) is 7.96. The highest BCUT2D eigenvalue weighted by molar-refractivity contribution is 5.81. The van der Waals surface area contributed by atoms with Crippen LogP contribution >= 0.6 is 0 Å². The summed E-state index contributed by atoms with van der Waals surface area (Å²) in [5.74, 6) is 2.65. The van der Waals surface area contributed by atoms with Crippen molar-refractivity contribution in [2.45, 2.75) is 26.8 Å². The Bertz CT molecular complexity index is 621. The number of likely N-dealkylation sites (tertiary alicyclic amines) is 1. The van der Waals surface area contributed by atoms with Gasteiger partial charge in [-0.2, -0.15) is 0 Å². The predicted molar refractivity (Wildman–Crippen MR) is 89.5 cm³/mol. The van der Waals surface area contributed by atoms with Gasteiger partial charge >= 0.3 is 0 Å². The zero-order valence-corrected chi connectivity index (χ0v) is 13.3. The lowest BCUT2D eigenvalue weighted by Crippen LogP contribution is -2.22. The van der Waals surface area contributed by atoms with Crippen LogP contribution in [-0.2, 0) is 6.54 Å². The van der Waals surface area contributed by atoms with Gasteiger partial charge in [0.1, 0.15) is 5.82 Å². The predicted octanol–water partition coefficient (Wildman–Crippen LogP) is 3.75. The molecular formula is C18H25N3. The number of nitrogens with one attached hydrogen (secondary N) is 1. The summed E-state index contributed by atoms with van der Waals surface area (Å²) in [6.07, 6.45) is 1.33. The van der Waals surface area contributed by atoms with Crippen LogP contribution in [-0.4, -0.2) is 30.0 Å². The molecule has 0 bridgehead atoms. The number of pyridine rings is 1. The highest BCUT2D eigenvalue weighted by Crippen LogP contribution is 2.27. The van der Waals surface area contributed by atoms with Gasteiger partial charge in [-0.05, 0) is 36.9 Å². The third-order valence-corrected chi connectivity index (χ3v) is 4.69. The second kappa shape index (κ2) is 6.02. The first-order valence-electron chi connectivity index (χ1n) is 7.96. The highest BCUT2D eigenvalue weighted by Gasteiger charge is 2.25. The van der Waals surface area contributed by atoms with Crippen LogP contribution in [0, 0.1) is 11.8 Å². The Kier molecular flexibility index (Phi) is 4.11. The van der Waals surface area contributed by atoms with Gasteiger partial charge in [-0.3, -0.25) is 4.90 Å². The largest absolute Gasteiger partial charge is 0.373 e. The molecule has 1 saturated heterocycles. The van der Waals surface area contributed by atoms with Crippen LogP contribution in [0.1, 0.15) is 25.8 Å². The second-order valence-electron chi connectivity index (χ2n) is 6.47. The Labute approximate surface area is 127 Å². The van der Waals surface area contributed by atoms with E-state index in [0.29, 0.717) is 0 Å². The Morgan fingerprint density at radius 3 is 2.86 bits per heavy atom. The minimum Gasteiger partial charge on any atom is -0.373 e. The highest BCUT2D eigenvalue weighted by atomic mass is 15.1. The molecule has 2 heterocycles. The molecule has 0 spiro atoms. The number of hydrogen-bond acceptors (Lipinski definition) is 3. The van der Waals surface area contributed by atoms with Crippen molar-refractivity contribution >= 4 is 16.7 Å². The summed E-state index contributed by atoms with van der Waals surface area (Å²) in [6.45, 7) is 8.10. The van der Waals surface area contributed by atoms with E-state index in [-0.39, 0.29) is 0 Å². The van der Waals surface area contributed by atoms with Gasteiger partial charge in [-0.15, -0.1) is 0 Å². The number of benzene rings is 1. The molecule has 0 amide bonds. The lowest BCUT2D eigenvalue weighted by molar-refractivity contribution is 0.297. The average molecular weight is 283 g/mol. The number of fused-ring (bicyclic) bond motifs is 1. The number of para-hydroxylation sites is 1. The summed E-state index contributed by atoms with van der Waals surface area (Å²) in [6, 6.07) is 10.6. The normalized spacial score (nSPS) is 19.5. The molecule has 1 fully saturated rings. The maximum absolute atomic E-state index is 4.75. The topological polar surface area (TPSA) is 28.2 Å². The second-order valence-corrected chi connectivity index (χ2v) is 6.47. The number of rotatable bonds is 4. The molecule has 1 aliphatic rings. The average Bonchev–Trinajstić information content (AvgIpc) is 2.95. The van der Waals surface area contributed by atoms with Crippen LogP contribution in [0.2, 0.25) is 0 Å². The van der Waals surface area contributed by atoms with Crippen molar-refractivity contribution < 1.29 is 0 Å². The fourth-order valence-electron chi connectivity index (χ4n) is 3.29. The van der Waals surface area contributed by atoms with Crippen molar-refractivity contribution in [2.24, 2.45) is 11.8 Å². The quantitative estimate of drug-likeness (QED) is 0.926. The van der Waals surface area contributed by atoms with Gasteiger partial charge in [0.2, 0.25) is 0 Å². The number of nitrogens with zero attached hydrogens (tertiary/aromatic N) is 2. The van der Waals surface area contributed by atoms with Gasteiger partial charge in [0, 0.05) is 31.1 Å². The van der Waals surface area contributed by atoms with Crippen molar-refractivity contribution in [3.63, 3.8) is 0 Å². The zero-order valence-electron chi connectivity index (χ0n) is 13.3. The van der Waals surface area contributed by atoms with Gasteiger partial charge in [-0.25, -0.2) is 4.98 Å². The molecule has 2 aromatic rings. The first-order chi connectivity index (χ1) is 10.2. The van der Waals surface area contributed by atoms with Gasteiger partial charge in [0.05, 0.1) is 5.52 Å². The molecule has 1 unspecified atom stereocenters. The molecule has 112 valence electrons. The summed E-state index contributed by atoms with van der Waals surface area (Å²) in [4.78, 5) is 7.32. The molecule has 3 heteroatoms. The fourth-order valence-corrected chi connectivity index (χ4v) is 3.29. The maximum Gasteiger partial charge on any atom is 0.130 e. The first kappa shape index (κ1) is 14.3. The molecule has 1 atom stereocenters. The number of anilines is 1. The molecule has 21 heavy (non-hydrogen) atoms.